The fraction of sp³-hybridized carbons (Fsp3) is 0. The molecule has 0 spiro atoms. The van der Waals surface area contributed by atoms with E-state index in [9.17, 15) is 9.59 Å². The van der Waals surface area contributed by atoms with E-state index in [0.29, 0.717) is 16.7 Å². The van der Waals surface area contributed by atoms with E-state index in [4.69, 9.17) is 11.1 Å². The van der Waals surface area contributed by atoms with Crippen molar-refractivity contribution in [2.75, 3.05) is 0 Å². The number of ketones is 2. The van der Waals surface area contributed by atoms with Crippen LogP contribution in [0.4, 0.5) is 0 Å². The zero-order valence-electron chi connectivity index (χ0n) is 10.1. The average molecular weight is 252 g/mol. The van der Waals surface area contributed by atoms with Gasteiger partial charge >= 0.3 is 0 Å². The zero-order chi connectivity index (χ0) is 13.8. The second-order valence-corrected chi connectivity index (χ2v) is 4.02. The Labute approximate surface area is 110 Å². The number of hydrogen-bond acceptors (Lipinski definition) is 3. The van der Waals surface area contributed by atoms with Crippen molar-refractivity contribution in [3.8, 4) is 0 Å². The van der Waals surface area contributed by atoms with Crippen LogP contribution in [0.3, 0.4) is 0 Å². The maximum absolute atomic E-state index is 12.0. The highest BCUT2D eigenvalue weighted by molar-refractivity contribution is 6.49. The number of amidine groups is 1. The molecule has 0 radical (unpaired) electrons. The maximum atomic E-state index is 12.0. The number of carbonyl (C=O) groups excluding carboxylic acids is 2. The Morgan fingerprint density at radius 1 is 0.737 bits per heavy atom. The molecule has 2 rings (SSSR count). The zero-order valence-corrected chi connectivity index (χ0v) is 10.1. The molecule has 94 valence electrons. The number of hydrogen-bond donors (Lipinski definition) is 2. The third kappa shape index (κ3) is 2.74. The van der Waals surface area contributed by atoms with Gasteiger partial charge in [0, 0.05) is 16.7 Å². The van der Waals surface area contributed by atoms with Gasteiger partial charge in [-0.2, -0.15) is 0 Å². The first kappa shape index (κ1) is 12.7. The van der Waals surface area contributed by atoms with Crippen LogP contribution in [0.1, 0.15) is 26.3 Å². The van der Waals surface area contributed by atoms with Gasteiger partial charge in [-0.05, 0) is 0 Å². The van der Waals surface area contributed by atoms with Gasteiger partial charge in [0.15, 0.2) is 0 Å². The van der Waals surface area contributed by atoms with Gasteiger partial charge in [-0.15, -0.1) is 0 Å². The first-order valence-electron chi connectivity index (χ1n) is 5.68. The predicted octanol–water partition coefficient (Wildman–Crippen LogP) is 2.04. The van der Waals surface area contributed by atoms with Crippen molar-refractivity contribution in [3.63, 3.8) is 0 Å². The standard InChI is InChI=1S/C15H12N2O2/c16-15(17)12-8-6-11(7-9-12)14(19)13(18)10-4-2-1-3-5-10/h1-9H,(H3,16,17). The van der Waals surface area contributed by atoms with Crippen molar-refractivity contribution in [2.45, 2.75) is 0 Å². The van der Waals surface area contributed by atoms with Crippen molar-refractivity contribution >= 4 is 17.4 Å². The van der Waals surface area contributed by atoms with Crippen LogP contribution >= 0.6 is 0 Å². The number of Topliss-reactive ketones (excluding diaryl/α,β-unsaturated/α-hetero) is 2. The molecular formula is C15H12N2O2. The second kappa shape index (κ2) is 5.27. The van der Waals surface area contributed by atoms with Gasteiger partial charge in [0.2, 0.25) is 11.6 Å². The van der Waals surface area contributed by atoms with E-state index in [0.717, 1.165) is 0 Å². The summed E-state index contributed by atoms with van der Waals surface area (Å²) in [7, 11) is 0. The molecule has 2 aromatic carbocycles. The molecule has 4 heteroatoms. The molecule has 19 heavy (non-hydrogen) atoms. The highest BCUT2D eigenvalue weighted by Crippen LogP contribution is 2.09. The molecule has 0 unspecified atom stereocenters. The van der Waals surface area contributed by atoms with Crippen molar-refractivity contribution < 1.29 is 9.59 Å². The molecule has 4 nitrogen and oxygen atoms in total. The summed E-state index contributed by atoms with van der Waals surface area (Å²) in [5, 5.41) is 7.26. The van der Waals surface area contributed by atoms with Crippen molar-refractivity contribution in [1.29, 1.82) is 5.41 Å². The molecule has 0 aliphatic rings. The Morgan fingerprint density at radius 2 is 1.16 bits per heavy atom. The quantitative estimate of drug-likeness (QED) is 0.378. The lowest BCUT2D eigenvalue weighted by Crippen LogP contribution is -2.15. The van der Waals surface area contributed by atoms with E-state index in [2.05, 4.69) is 0 Å². The first-order valence-corrected chi connectivity index (χ1v) is 5.68. The molecule has 0 heterocycles. The lowest BCUT2D eigenvalue weighted by atomic mass is 10.0. The van der Waals surface area contributed by atoms with E-state index < -0.39 is 11.6 Å². The van der Waals surface area contributed by atoms with Crippen LogP contribution < -0.4 is 5.73 Å². The Morgan fingerprint density at radius 3 is 1.63 bits per heavy atom. The smallest absolute Gasteiger partial charge is 0.233 e. The predicted molar refractivity (Wildman–Crippen MR) is 72.6 cm³/mol. The Hall–Kier alpha value is -2.75. The number of carbonyl (C=O) groups is 2. The minimum absolute atomic E-state index is 0.0756. The van der Waals surface area contributed by atoms with Gasteiger partial charge in [0.05, 0.1) is 0 Å². The summed E-state index contributed by atoms with van der Waals surface area (Å²) in [6.45, 7) is 0. The Kier molecular flexibility index (Phi) is 3.52. The normalized spacial score (nSPS) is 9.89. The largest absolute Gasteiger partial charge is 0.384 e. The number of nitrogens with one attached hydrogen (secondary N) is 1. The van der Waals surface area contributed by atoms with Gasteiger partial charge in [-0.3, -0.25) is 15.0 Å². The molecule has 0 aromatic heterocycles. The third-order valence-corrected chi connectivity index (χ3v) is 2.70. The van der Waals surface area contributed by atoms with Crippen LogP contribution in [0.5, 0.6) is 0 Å². The van der Waals surface area contributed by atoms with Gasteiger partial charge in [0.1, 0.15) is 5.84 Å². The van der Waals surface area contributed by atoms with Gasteiger partial charge < -0.3 is 5.73 Å². The van der Waals surface area contributed by atoms with Crippen molar-refractivity contribution in [3.05, 3.63) is 71.3 Å². The monoisotopic (exact) mass is 252 g/mol. The number of nitrogen functional groups attached to an aromatic ring is 1. The van der Waals surface area contributed by atoms with Crippen LogP contribution in [0, 0.1) is 5.41 Å². The molecule has 0 bridgehead atoms. The maximum Gasteiger partial charge on any atom is 0.233 e. The summed E-state index contributed by atoms with van der Waals surface area (Å²) >= 11 is 0. The molecule has 0 fully saturated rings. The summed E-state index contributed by atoms with van der Waals surface area (Å²) in [5.74, 6) is -1.19. The minimum atomic E-state index is -0.568. The van der Waals surface area contributed by atoms with Crippen LogP contribution in [-0.4, -0.2) is 17.4 Å². The molecule has 0 atom stereocenters. The van der Waals surface area contributed by atoms with Crippen molar-refractivity contribution in [2.24, 2.45) is 5.73 Å². The molecule has 0 saturated carbocycles. The van der Waals surface area contributed by atoms with Crippen LogP contribution in [0.25, 0.3) is 0 Å². The van der Waals surface area contributed by atoms with Crippen LogP contribution in [0.15, 0.2) is 54.6 Å². The molecule has 0 aliphatic carbocycles. The van der Waals surface area contributed by atoms with E-state index in [1.807, 2.05) is 0 Å². The summed E-state index contributed by atoms with van der Waals surface area (Å²) in [6.07, 6.45) is 0. The third-order valence-electron chi connectivity index (χ3n) is 2.70. The molecule has 0 amide bonds. The molecule has 0 aliphatic heterocycles. The van der Waals surface area contributed by atoms with Crippen LogP contribution in [-0.2, 0) is 0 Å². The van der Waals surface area contributed by atoms with E-state index in [-0.39, 0.29) is 5.84 Å². The summed E-state index contributed by atoms with van der Waals surface area (Å²) in [5.41, 5.74) is 6.49. The van der Waals surface area contributed by atoms with Crippen molar-refractivity contribution in [1.82, 2.24) is 0 Å². The lowest BCUT2D eigenvalue weighted by molar-refractivity contribution is 0.0817. The van der Waals surface area contributed by atoms with E-state index >= 15 is 0 Å². The summed E-state index contributed by atoms with van der Waals surface area (Å²) in [4.78, 5) is 23.9. The van der Waals surface area contributed by atoms with E-state index in [1.165, 1.54) is 12.1 Å². The molecular weight excluding hydrogens is 240 g/mol. The minimum Gasteiger partial charge on any atom is -0.384 e. The molecule has 2 aromatic rings. The molecule has 0 saturated heterocycles. The second-order valence-electron chi connectivity index (χ2n) is 4.02. The summed E-state index contributed by atoms with van der Waals surface area (Å²) < 4.78 is 0. The van der Waals surface area contributed by atoms with E-state index in [1.54, 1.807) is 42.5 Å². The number of rotatable bonds is 4. The Bertz CT molecular complexity index is 631. The highest BCUT2D eigenvalue weighted by atomic mass is 16.2. The van der Waals surface area contributed by atoms with Gasteiger partial charge in [0.25, 0.3) is 0 Å². The Balaban J connectivity index is 2.25. The topological polar surface area (TPSA) is 84.0 Å². The first-order chi connectivity index (χ1) is 9.09. The number of nitrogens with two attached hydrogens (primary N) is 1. The fourth-order valence-electron chi connectivity index (χ4n) is 1.65. The SMILES string of the molecule is N=C(N)c1ccc(C(=O)C(=O)c2ccccc2)cc1. The fourth-order valence-corrected chi connectivity index (χ4v) is 1.65. The van der Waals surface area contributed by atoms with Crippen LogP contribution in [0.2, 0.25) is 0 Å². The summed E-state index contributed by atoms with van der Waals surface area (Å²) in [6, 6.07) is 14.5. The molecule has 3 N–H and O–H groups in total. The number of benzene rings is 2. The average Bonchev–Trinajstić information content (AvgIpc) is 2.46. The van der Waals surface area contributed by atoms with Gasteiger partial charge in [-0.1, -0.05) is 54.6 Å². The lowest BCUT2D eigenvalue weighted by Gasteiger charge is -2.02. The van der Waals surface area contributed by atoms with Gasteiger partial charge in [-0.25, -0.2) is 0 Å². The highest BCUT2D eigenvalue weighted by Gasteiger charge is 2.17.